The van der Waals surface area contributed by atoms with Crippen LogP contribution in [0.1, 0.15) is 12.6 Å². The van der Waals surface area contributed by atoms with E-state index in [-0.39, 0.29) is 30.4 Å². The maximum absolute atomic E-state index is 12.4. The lowest BCUT2D eigenvalue weighted by atomic mass is 10.2. The Morgan fingerprint density at radius 1 is 1.27 bits per heavy atom. The monoisotopic (exact) mass is 371 g/mol. The highest BCUT2D eigenvalue weighted by molar-refractivity contribution is 7.13. The van der Waals surface area contributed by atoms with Crippen molar-refractivity contribution in [3.05, 3.63) is 58.0 Å². The summed E-state index contributed by atoms with van der Waals surface area (Å²) in [5.74, 6) is -0.724. The number of hydrogen-bond acceptors (Lipinski definition) is 6. The molecule has 0 spiro atoms. The largest absolute Gasteiger partial charge is 0.466 e. The van der Waals surface area contributed by atoms with Crippen molar-refractivity contribution in [3.63, 3.8) is 0 Å². The number of rotatable bonds is 6. The molecule has 3 rings (SSSR count). The van der Waals surface area contributed by atoms with Crippen molar-refractivity contribution in [1.29, 1.82) is 0 Å². The van der Waals surface area contributed by atoms with Crippen LogP contribution in [0.2, 0.25) is 0 Å². The predicted octanol–water partition coefficient (Wildman–Crippen LogP) is 2.20. The number of nitrogens with zero attached hydrogens (tertiary/aromatic N) is 2. The van der Waals surface area contributed by atoms with Crippen molar-refractivity contribution >= 4 is 39.1 Å². The molecule has 134 valence electrons. The zero-order valence-electron chi connectivity index (χ0n) is 14.1. The summed E-state index contributed by atoms with van der Waals surface area (Å²) in [5, 5.41) is 6.11. The van der Waals surface area contributed by atoms with Crippen LogP contribution in [0.25, 0.3) is 10.8 Å². The third-order valence-electron chi connectivity index (χ3n) is 3.63. The molecule has 1 N–H and O–H groups in total. The SMILES string of the molecule is CCOC(=O)Cc1csc(NC(=O)Cn2ccc3ccccc3c2=O)n1. The van der Waals surface area contributed by atoms with Crippen LogP contribution in [0, 0.1) is 0 Å². The Bertz CT molecular complexity index is 1010. The molecule has 8 heteroatoms. The lowest BCUT2D eigenvalue weighted by Crippen LogP contribution is -2.27. The minimum atomic E-state index is -0.363. The lowest BCUT2D eigenvalue weighted by Gasteiger charge is -2.07. The van der Waals surface area contributed by atoms with Crippen LogP contribution in [0.15, 0.2) is 46.7 Å². The third kappa shape index (κ3) is 4.15. The first-order valence-corrected chi connectivity index (χ1v) is 8.93. The van der Waals surface area contributed by atoms with Gasteiger partial charge in [-0.3, -0.25) is 14.4 Å². The van der Waals surface area contributed by atoms with E-state index in [9.17, 15) is 14.4 Å². The normalized spacial score (nSPS) is 10.7. The number of benzene rings is 1. The molecule has 0 atom stereocenters. The van der Waals surface area contributed by atoms with Gasteiger partial charge in [0.25, 0.3) is 5.56 Å². The second-order valence-corrected chi connectivity index (χ2v) is 6.37. The minimum absolute atomic E-state index is 0.0599. The van der Waals surface area contributed by atoms with E-state index in [0.717, 1.165) is 5.39 Å². The molecule has 0 saturated heterocycles. The summed E-state index contributed by atoms with van der Waals surface area (Å²) in [4.78, 5) is 40.3. The van der Waals surface area contributed by atoms with E-state index in [0.29, 0.717) is 22.8 Å². The van der Waals surface area contributed by atoms with E-state index < -0.39 is 0 Å². The van der Waals surface area contributed by atoms with E-state index in [2.05, 4.69) is 10.3 Å². The van der Waals surface area contributed by atoms with Crippen molar-refractivity contribution in [3.8, 4) is 0 Å². The molecule has 0 unspecified atom stereocenters. The molecule has 1 amide bonds. The summed E-state index contributed by atoms with van der Waals surface area (Å²) in [7, 11) is 0. The molecule has 0 bridgehead atoms. The average Bonchev–Trinajstić information content (AvgIpc) is 3.04. The number of amides is 1. The van der Waals surface area contributed by atoms with Crippen molar-refractivity contribution < 1.29 is 14.3 Å². The summed E-state index contributed by atoms with van der Waals surface area (Å²) in [6, 6.07) is 9.02. The molecule has 0 aliphatic heterocycles. The zero-order chi connectivity index (χ0) is 18.5. The third-order valence-corrected chi connectivity index (χ3v) is 4.44. The molecular formula is C18H17N3O4S. The van der Waals surface area contributed by atoms with Gasteiger partial charge in [-0.15, -0.1) is 11.3 Å². The van der Waals surface area contributed by atoms with Gasteiger partial charge in [-0.25, -0.2) is 4.98 Å². The van der Waals surface area contributed by atoms with Crippen LogP contribution in [0.5, 0.6) is 0 Å². The predicted molar refractivity (Wildman–Crippen MR) is 99.3 cm³/mol. The van der Waals surface area contributed by atoms with Gasteiger partial charge in [-0.1, -0.05) is 18.2 Å². The van der Waals surface area contributed by atoms with Gasteiger partial charge < -0.3 is 14.6 Å². The number of ether oxygens (including phenoxy) is 1. The number of esters is 1. The van der Waals surface area contributed by atoms with Gasteiger partial charge in [0, 0.05) is 17.0 Å². The number of thiazole rings is 1. The molecule has 0 fully saturated rings. The Balaban J connectivity index is 1.66. The van der Waals surface area contributed by atoms with E-state index in [1.165, 1.54) is 15.9 Å². The molecule has 0 aliphatic carbocycles. The highest BCUT2D eigenvalue weighted by Crippen LogP contribution is 2.16. The lowest BCUT2D eigenvalue weighted by molar-refractivity contribution is -0.142. The van der Waals surface area contributed by atoms with E-state index >= 15 is 0 Å². The number of carbonyl (C=O) groups excluding carboxylic acids is 2. The van der Waals surface area contributed by atoms with Gasteiger partial charge in [-0.05, 0) is 24.4 Å². The standard InChI is InChI=1S/C18H17N3O4S/c1-2-25-16(23)9-13-11-26-18(19-13)20-15(22)10-21-8-7-12-5-3-4-6-14(12)17(21)24/h3-8,11H,2,9-10H2,1H3,(H,19,20,22). The van der Waals surface area contributed by atoms with Gasteiger partial charge in [0.05, 0.1) is 18.7 Å². The molecule has 3 aromatic rings. The molecular weight excluding hydrogens is 354 g/mol. The van der Waals surface area contributed by atoms with E-state index in [1.54, 1.807) is 36.7 Å². The number of hydrogen-bond donors (Lipinski definition) is 1. The molecule has 2 heterocycles. The summed E-state index contributed by atoms with van der Waals surface area (Å²) < 4.78 is 6.22. The summed E-state index contributed by atoms with van der Waals surface area (Å²) >= 11 is 1.22. The molecule has 2 aromatic heterocycles. The van der Waals surface area contributed by atoms with Crippen molar-refractivity contribution in [2.45, 2.75) is 19.9 Å². The quantitative estimate of drug-likeness (QED) is 0.671. The van der Waals surface area contributed by atoms with Gasteiger partial charge in [0.15, 0.2) is 5.13 Å². The van der Waals surface area contributed by atoms with Gasteiger partial charge in [-0.2, -0.15) is 0 Å². The maximum Gasteiger partial charge on any atom is 0.311 e. The Hall–Kier alpha value is -3.00. The molecule has 26 heavy (non-hydrogen) atoms. The van der Waals surface area contributed by atoms with Gasteiger partial charge in [0.2, 0.25) is 5.91 Å². The maximum atomic E-state index is 12.4. The first kappa shape index (κ1) is 17.8. The Labute approximate surface area is 153 Å². The number of fused-ring (bicyclic) bond motifs is 1. The fraction of sp³-hybridized carbons (Fsp3) is 0.222. The van der Waals surface area contributed by atoms with Crippen LogP contribution in [-0.4, -0.2) is 28.0 Å². The minimum Gasteiger partial charge on any atom is -0.466 e. The zero-order valence-corrected chi connectivity index (χ0v) is 14.9. The smallest absolute Gasteiger partial charge is 0.311 e. The number of aromatic nitrogens is 2. The molecule has 0 saturated carbocycles. The first-order chi connectivity index (χ1) is 12.6. The number of carbonyl (C=O) groups is 2. The second kappa shape index (κ2) is 7.92. The summed E-state index contributed by atoms with van der Waals surface area (Å²) in [6.07, 6.45) is 1.66. The fourth-order valence-electron chi connectivity index (χ4n) is 2.47. The average molecular weight is 371 g/mol. The Morgan fingerprint density at radius 2 is 2.08 bits per heavy atom. The topological polar surface area (TPSA) is 90.3 Å². The molecule has 0 radical (unpaired) electrons. The molecule has 0 aliphatic rings. The summed E-state index contributed by atoms with van der Waals surface area (Å²) in [5.41, 5.74) is 0.312. The second-order valence-electron chi connectivity index (χ2n) is 5.51. The van der Waals surface area contributed by atoms with Crippen LogP contribution < -0.4 is 10.9 Å². The van der Waals surface area contributed by atoms with Gasteiger partial charge >= 0.3 is 5.97 Å². The Kier molecular flexibility index (Phi) is 5.43. The van der Waals surface area contributed by atoms with Crippen LogP contribution >= 0.6 is 11.3 Å². The highest BCUT2D eigenvalue weighted by Gasteiger charge is 2.12. The van der Waals surface area contributed by atoms with Crippen molar-refractivity contribution in [2.24, 2.45) is 0 Å². The van der Waals surface area contributed by atoms with Crippen LogP contribution in [0.3, 0.4) is 0 Å². The number of nitrogens with one attached hydrogen (secondary N) is 1. The van der Waals surface area contributed by atoms with E-state index in [1.807, 2.05) is 12.1 Å². The van der Waals surface area contributed by atoms with Crippen molar-refractivity contribution in [2.75, 3.05) is 11.9 Å². The highest BCUT2D eigenvalue weighted by atomic mass is 32.1. The van der Waals surface area contributed by atoms with Gasteiger partial charge in [0.1, 0.15) is 6.54 Å². The first-order valence-electron chi connectivity index (χ1n) is 8.05. The van der Waals surface area contributed by atoms with Crippen molar-refractivity contribution in [1.82, 2.24) is 9.55 Å². The summed E-state index contributed by atoms with van der Waals surface area (Å²) in [6.45, 7) is 1.93. The fourth-order valence-corrected chi connectivity index (χ4v) is 3.20. The van der Waals surface area contributed by atoms with E-state index in [4.69, 9.17) is 4.74 Å². The van der Waals surface area contributed by atoms with Crippen LogP contribution in [-0.2, 0) is 27.3 Å². The number of pyridine rings is 1. The molecule has 1 aromatic carbocycles. The Morgan fingerprint density at radius 3 is 2.88 bits per heavy atom. The number of anilines is 1. The molecule has 7 nitrogen and oxygen atoms in total. The van der Waals surface area contributed by atoms with Crippen LogP contribution in [0.4, 0.5) is 5.13 Å².